The standard InChI is InChI=1S/C16H25NO/c1-3-17(15-8-6-14(2)7-9-15)12-16(13-18)10-4-5-11-16/h6-9,18H,3-5,10-13H2,1-2H3. The highest BCUT2D eigenvalue weighted by molar-refractivity contribution is 5.47. The number of hydrogen-bond acceptors (Lipinski definition) is 2. The Kier molecular flexibility index (Phi) is 4.28. The molecule has 0 spiro atoms. The van der Waals surface area contributed by atoms with Crippen LogP contribution in [0.5, 0.6) is 0 Å². The molecule has 2 heteroatoms. The van der Waals surface area contributed by atoms with Crippen molar-refractivity contribution in [1.82, 2.24) is 0 Å². The molecule has 0 aromatic heterocycles. The summed E-state index contributed by atoms with van der Waals surface area (Å²) in [5, 5.41) is 9.73. The van der Waals surface area contributed by atoms with Gasteiger partial charge in [0, 0.05) is 24.2 Å². The molecule has 18 heavy (non-hydrogen) atoms. The van der Waals surface area contributed by atoms with E-state index in [1.807, 2.05) is 0 Å². The van der Waals surface area contributed by atoms with Gasteiger partial charge in [0.05, 0.1) is 6.61 Å². The lowest BCUT2D eigenvalue weighted by Crippen LogP contribution is -2.38. The summed E-state index contributed by atoms with van der Waals surface area (Å²) in [6, 6.07) is 8.72. The lowest BCUT2D eigenvalue weighted by Gasteiger charge is -2.35. The molecule has 1 fully saturated rings. The molecule has 0 saturated heterocycles. The van der Waals surface area contributed by atoms with Gasteiger partial charge in [-0.3, -0.25) is 0 Å². The first-order valence-electron chi connectivity index (χ1n) is 7.11. The van der Waals surface area contributed by atoms with Crippen molar-refractivity contribution in [3.63, 3.8) is 0 Å². The molecule has 1 aliphatic carbocycles. The number of benzene rings is 1. The lowest BCUT2D eigenvalue weighted by atomic mass is 9.86. The molecule has 1 N–H and O–H groups in total. The molecule has 0 unspecified atom stereocenters. The molecule has 1 saturated carbocycles. The predicted octanol–water partition coefficient (Wildman–Crippen LogP) is 3.37. The number of nitrogens with zero attached hydrogens (tertiary/aromatic N) is 1. The summed E-state index contributed by atoms with van der Waals surface area (Å²) in [7, 11) is 0. The van der Waals surface area contributed by atoms with Crippen molar-refractivity contribution >= 4 is 5.69 Å². The number of rotatable bonds is 5. The van der Waals surface area contributed by atoms with E-state index in [1.165, 1.54) is 36.9 Å². The molecular formula is C16H25NO. The van der Waals surface area contributed by atoms with E-state index < -0.39 is 0 Å². The summed E-state index contributed by atoms with van der Waals surface area (Å²) < 4.78 is 0. The Balaban J connectivity index is 2.11. The van der Waals surface area contributed by atoms with Crippen LogP contribution in [-0.2, 0) is 0 Å². The molecule has 0 amide bonds. The van der Waals surface area contributed by atoms with Crippen molar-refractivity contribution in [3.8, 4) is 0 Å². The Labute approximate surface area is 111 Å². The van der Waals surface area contributed by atoms with Gasteiger partial charge >= 0.3 is 0 Å². The Bertz CT molecular complexity index is 365. The summed E-state index contributed by atoms with van der Waals surface area (Å²) >= 11 is 0. The fourth-order valence-corrected chi connectivity index (χ4v) is 3.04. The Morgan fingerprint density at radius 1 is 1.17 bits per heavy atom. The molecular weight excluding hydrogens is 222 g/mol. The topological polar surface area (TPSA) is 23.5 Å². The van der Waals surface area contributed by atoms with E-state index in [9.17, 15) is 5.11 Å². The molecule has 0 radical (unpaired) electrons. The van der Waals surface area contributed by atoms with Crippen LogP contribution in [0.3, 0.4) is 0 Å². The van der Waals surface area contributed by atoms with Gasteiger partial charge in [-0.2, -0.15) is 0 Å². The largest absolute Gasteiger partial charge is 0.396 e. The van der Waals surface area contributed by atoms with Gasteiger partial charge in [0.1, 0.15) is 0 Å². The Morgan fingerprint density at radius 2 is 1.78 bits per heavy atom. The minimum Gasteiger partial charge on any atom is -0.396 e. The predicted molar refractivity (Wildman–Crippen MR) is 77.1 cm³/mol. The zero-order valence-corrected chi connectivity index (χ0v) is 11.7. The maximum absolute atomic E-state index is 9.73. The number of anilines is 1. The van der Waals surface area contributed by atoms with Crippen LogP contribution in [-0.4, -0.2) is 24.8 Å². The summed E-state index contributed by atoms with van der Waals surface area (Å²) in [5.41, 5.74) is 2.72. The number of aliphatic hydroxyl groups is 1. The highest BCUT2D eigenvalue weighted by Gasteiger charge is 2.34. The first kappa shape index (κ1) is 13.4. The summed E-state index contributed by atoms with van der Waals surface area (Å²) in [5.74, 6) is 0. The third-order valence-electron chi connectivity index (χ3n) is 4.31. The molecule has 2 rings (SSSR count). The highest BCUT2D eigenvalue weighted by Crippen LogP contribution is 2.39. The van der Waals surface area contributed by atoms with Crippen LogP contribution in [0.25, 0.3) is 0 Å². The maximum atomic E-state index is 9.73. The molecule has 1 aliphatic rings. The van der Waals surface area contributed by atoms with Crippen molar-refractivity contribution < 1.29 is 5.11 Å². The van der Waals surface area contributed by atoms with Crippen LogP contribution in [0.4, 0.5) is 5.69 Å². The van der Waals surface area contributed by atoms with E-state index in [0.29, 0.717) is 6.61 Å². The molecule has 100 valence electrons. The van der Waals surface area contributed by atoms with Gasteiger partial charge in [0.15, 0.2) is 0 Å². The first-order valence-corrected chi connectivity index (χ1v) is 7.11. The summed E-state index contributed by atoms with van der Waals surface area (Å²) in [6.07, 6.45) is 4.88. The van der Waals surface area contributed by atoms with E-state index in [0.717, 1.165) is 13.1 Å². The summed E-state index contributed by atoms with van der Waals surface area (Å²) in [4.78, 5) is 2.40. The second-order valence-electron chi connectivity index (χ2n) is 5.71. The lowest BCUT2D eigenvalue weighted by molar-refractivity contribution is 0.136. The Hall–Kier alpha value is -1.02. The van der Waals surface area contributed by atoms with Gasteiger partial charge in [-0.1, -0.05) is 30.5 Å². The molecule has 1 aromatic carbocycles. The van der Waals surface area contributed by atoms with Gasteiger partial charge in [0.25, 0.3) is 0 Å². The highest BCUT2D eigenvalue weighted by atomic mass is 16.3. The molecule has 0 heterocycles. The normalized spacial score (nSPS) is 17.9. The van der Waals surface area contributed by atoms with E-state index in [4.69, 9.17) is 0 Å². The average Bonchev–Trinajstić information content (AvgIpc) is 2.86. The number of aliphatic hydroxyl groups excluding tert-OH is 1. The zero-order valence-electron chi connectivity index (χ0n) is 11.7. The van der Waals surface area contributed by atoms with Crippen LogP contribution in [0.1, 0.15) is 38.2 Å². The van der Waals surface area contributed by atoms with E-state index in [-0.39, 0.29) is 5.41 Å². The van der Waals surface area contributed by atoms with Crippen LogP contribution >= 0.6 is 0 Å². The molecule has 0 aliphatic heterocycles. The van der Waals surface area contributed by atoms with E-state index in [2.05, 4.69) is 43.0 Å². The van der Waals surface area contributed by atoms with E-state index in [1.54, 1.807) is 0 Å². The molecule has 2 nitrogen and oxygen atoms in total. The van der Waals surface area contributed by atoms with Crippen molar-refractivity contribution in [2.24, 2.45) is 5.41 Å². The second-order valence-corrected chi connectivity index (χ2v) is 5.71. The van der Waals surface area contributed by atoms with Gasteiger partial charge in [0.2, 0.25) is 0 Å². The molecule has 0 atom stereocenters. The van der Waals surface area contributed by atoms with Crippen molar-refractivity contribution in [2.75, 3.05) is 24.6 Å². The monoisotopic (exact) mass is 247 g/mol. The SMILES string of the molecule is CCN(CC1(CO)CCCC1)c1ccc(C)cc1. The van der Waals surface area contributed by atoms with E-state index >= 15 is 0 Å². The van der Waals surface area contributed by atoms with Crippen molar-refractivity contribution in [3.05, 3.63) is 29.8 Å². The molecule has 0 bridgehead atoms. The van der Waals surface area contributed by atoms with Gasteiger partial charge in [-0.05, 0) is 38.8 Å². The van der Waals surface area contributed by atoms with Crippen LogP contribution in [0.15, 0.2) is 24.3 Å². The first-order chi connectivity index (χ1) is 8.69. The van der Waals surface area contributed by atoms with Gasteiger partial charge < -0.3 is 10.0 Å². The van der Waals surface area contributed by atoms with Crippen LogP contribution < -0.4 is 4.90 Å². The van der Waals surface area contributed by atoms with Crippen LogP contribution in [0, 0.1) is 12.3 Å². The minimum atomic E-state index is 0.140. The third kappa shape index (κ3) is 2.86. The fraction of sp³-hybridized carbons (Fsp3) is 0.625. The second kappa shape index (κ2) is 5.75. The maximum Gasteiger partial charge on any atom is 0.0504 e. The smallest absolute Gasteiger partial charge is 0.0504 e. The van der Waals surface area contributed by atoms with Crippen molar-refractivity contribution in [2.45, 2.75) is 39.5 Å². The third-order valence-corrected chi connectivity index (χ3v) is 4.31. The number of aryl methyl sites for hydroxylation is 1. The average molecular weight is 247 g/mol. The summed E-state index contributed by atoms with van der Waals surface area (Å²) in [6.45, 7) is 6.63. The van der Waals surface area contributed by atoms with Gasteiger partial charge in [-0.15, -0.1) is 0 Å². The number of hydrogen-bond donors (Lipinski definition) is 1. The minimum absolute atomic E-state index is 0.140. The molecule has 1 aromatic rings. The van der Waals surface area contributed by atoms with Gasteiger partial charge in [-0.25, -0.2) is 0 Å². The van der Waals surface area contributed by atoms with Crippen LogP contribution in [0.2, 0.25) is 0 Å². The zero-order chi connectivity index (χ0) is 13.0. The quantitative estimate of drug-likeness (QED) is 0.862. The fourth-order valence-electron chi connectivity index (χ4n) is 3.04. The van der Waals surface area contributed by atoms with Crippen molar-refractivity contribution in [1.29, 1.82) is 0 Å². The Morgan fingerprint density at radius 3 is 2.28 bits per heavy atom.